The molecule has 1 aliphatic rings. The van der Waals surface area contributed by atoms with E-state index in [1.807, 2.05) is 0 Å². The van der Waals surface area contributed by atoms with Crippen LogP contribution >= 0.6 is 0 Å². The Kier molecular flexibility index (Phi) is 1.80. The Labute approximate surface area is 63.8 Å². The Morgan fingerprint density at radius 3 is 1.80 bits per heavy atom. The first-order valence-electron chi connectivity index (χ1n) is 4.16. The second kappa shape index (κ2) is 2.23. The highest BCUT2D eigenvalue weighted by Crippen LogP contribution is 2.46. The molecular weight excluding hydrogens is 124 g/mol. The van der Waals surface area contributed by atoms with E-state index in [0.29, 0.717) is 17.9 Å². The quantitative estimate of drug-likeness (QED) is 0.539. The van der Waals surface area contributed by atoms with Crippen molar-refractivity contribution in [2.75, 3.05) is 0 Å². The van der Waals surface area contributed by atoms with E-state index in [2.05, 4.69) is 34.6 Å². The van der Waals surface area contributed by atoms with Gasteiger partial charge in [-0.1, -0.05) is 27.7 Å². The summed E-state index contributed by atoms with van der Waals surface area (Å²) in [7, 11) is 0. The molecule has 0 saturated carbocycles. The maximum Gasteiger partial charge on any atom is 0.0945 e. The van der Waals surface area contributed by atoms with Gasteiger partial charge in [-0.15, -0.1) is 0 Å². The molecule has 0 bridgehead atoms. The van der Waals surface area contributed by atoms with Gasteiger partial charge in [0.1, 0.15) is 0 Å². The normalized spacial score (nSPS) is 39.3. The van der Waals surface area contributed by atoms with Crippen LogP contribution in [0.1, 0.15) is 34.6 Å². The van der Waals surface area contributed by atoms with Crippen LogP contribution < -0.4 is 0 Å². The van der Waals surface area contributed by atoms with E-state index in [0.717, 1.165) is 0 Å². The Hall–Kier alpha value is -0.0400. The summed E-state index contributed by atoms with van der Waals surface area (Å²) in [5.41, 5.74) is 0.189. The van der Waals surface area contributed by atoms with Crippen LogP contribution in [0.2, 0.25) is 0 Å². The number of epoxide rings is 1. The Bertz CT molecular complexity index is 129. The topological polar surface area (TPSA) is 12.5 Å². The van der Waals surface area contributed by atoms with E-state index >= 15 is 0 Å². The summed E-state index contributed by atoms with van der Waals surface area (Å²) in [5, 5.41) is 0. The first kappa shape index (κ1) is 8.06. The summed E-state index contributed by atoms with van der Waals surface area (Å²) >= 11 is 0. The molecule has 0 aromatic rings. The SMILES string of the molecule is CC(C)[C@H]1O[C@]1(C)C(C)C. The number of hydrogen-bond donors (Lipinski definition) is 0. The Morgan fingerprint density at radius 1 is 1.20 bits per heavy atom. The highest BCUT2D eigenvalue weighted by atomic mass is 16.6. The van der Waals surface area contributed by atoms with Crippen molar-refractivity contribution in [2.45, 2.75) is 46.3 Å². The molecule has 0 aromatic carbocycles. The molecule has 0 aliphatic carbocycles. The maximum atomic E-state index is 5.63. The van der Waals surface area contributed by atoms with E-state index in [1.165, 1.54) is 0 Å². The standard InChI is InChI=1S/C9H18O/c1-6(2)8-9(5,10-8)7(3)4/h6-8H,1-5H3/t8-,9-/m1/s1. The van der Waals surface area contributed by atoms with Crippen LogP contribution in [-0.4, -0.2) is 11.7 Å². The monoisotopic (exact) mass is 142 g/mol. The van der Waals surface area contributed by atoms with Crippen molar-refractivity contribution in [3.05, 3.63) is 0 Å². The molecule has 1 nitrogen and oxygen atoms in total. The predicted octanol–water partition coefficient (Wildman–Crippen LogP) is 2.46. The lowest BCUT2D eigenvalue weighted by Gasteiger charge is -2.11. The highest BCUT2D eigenvalue weighted by molar-refractivity contribution is 5.02. The fraction of sp³-hybridized carbons (Fsp3) is 1.00. The van der Waals surface area contributed by atoms with Gasteiger partial charge in [-0.3, -0.25) is 0 Å². The van der Waals surface area contributed by atoms with Gasteiger partial charge in [-0.05, 0) is 18.8 Å². The summed E-state index contributed by atoms with van der Waals surface area (Å²) in [6, 6.07) is 0. The third kappa shape index (κ3) is 1.07. The van der Waals surface area contributed by atoms with Crippen molar-refractivity contribution < 1.29 is 4.74 Å². The molecule has 1 heteroatoms. The van der Waals surface area contributed by atoms with E-state index in [-0.39, 0.29) is 5.60 Å². The van der Waals surface area contributed by atoms with E-state index in [9.17, 15) is 0 Å². The second-order valence-electron chi connectivity index (χ2n) is 4.12. The fourth-order valence-electron chi connectivity index (χ4n) is 1.50. The van der Waals surface area contributed by atoms with Crippen molar-refractivity contribution in [3.63, 3.8) is 0 Å². The van der Waals surface area contributed by atoms with Gasteiger partial charge < -0.3 is 4.74 Å². The van der Waals surface area contributed by atoms with Crippen molar-refractivity contribution in [1.29, 1.82) is 0 Å². The number of rotatable bonds is 2. The third-order valence-electron chi connectivity index (χ3n) is 2.64. The van der Waals surface area contributed by atoms with Crippen LogP contribution in [0, 0.1) is 11.8 Å². The average Bonchev–Trinajstić information content (AvgIpc) is 2.43. The van der Waals surface area contributed by atoms with E-state index in [1.54, 1.807) is 0 Å². The first-order chi connectivity index (χ1) is 4.48. The lowest BCUT2D eigenvalue weighted by atomic mass is 9.89. The zero-order valence-electron chi connectivity index (χ0n) is 7.64. The molecule has 1 rings (SSSR count). The Balaban J connectivity index is 2.48. The van der Waals surface area contributed by atoms with Gasteiger partial charge in [0.05, 0.1) is 11.7 Å². The van der Waals surface area contributed by atoms with Crippen LogP contribution in [0.5, 0.6) is 0 Å². The average molecular weight is 142 g/mol. The molecule has 60 valence electrons. The molecule has 0 amide bonds. The molecule has 1 aliphatic heterocycles. The summed E-state index contributed by atoms with van der Waals surface area (Å²) in [6.07, 6.45) is 0.507. The lowest BCUT2D eigenvalue weighted by molar-refractivity contribution is 0.249. The molecule has 2 atom stereocenters. The molecule has 0 spiro atoms. The highest BCUT2D eigenvalue weighted by Gasteiger charge is 2.55. The zero-order chi connectivity index (χ0) is 7.94. The van der Waals surface area contributed by atoms with Gasteiger partial charge in [0.2, 0.25) is 0 Å². The molecule has 1 heterocycles. The predicted molar refractivity (Wildman–Crippen MR) is 43.0 cm³/mol. The van der Waals surface area contributed by atoms with E-state index < -0.39 is 0 Å². The van der Waals surface area contributed by atoms with Gasteiger partial charge in [0.15, 0.2) is 0 Å². The van der Waals surface area contributed by atoms with Gasteiger partial charge in [-0.2, -0.15) is 0 Å². The van der Waals surface area contributed by atoms with Crippen LogP contribution in [-0.2, 0) is 4.74 Å². The van der Waals surface area contributed by atoms with Crippen LogP contribution in [0.15, 0.2) is 0 Å². The van der Waals surface area contributed by atoms with Crippen LogP contribution in [0.3, 0.4) is 0 Å². The second-order valence-corrected chi connectivity index (χ2v) is 4.12. The Morgan fingerprint density at radius 2 is 1.70 bits per heavy atom. The minimum Gasteiger partial charge on any atom is -0.366 e. The summed E-state index contributed by atoms with van der Waals surface area (Å²) in [6.45, 7) is 11.1. The van der Waals surface area contributed by atoms with Crippen molar-refractivity contribution in [2.24, 2.45) is 11.8 Å². The number of hydrogen-bond acceptors (Lipinski definition) is 1. The van der Waals surface area contributed by atoms with Gasteiger partial charge >= 0.3 is 0 Å². The summed E-state index contributed by atoms with van der Waals surface area (Å²) in [4.78, 5) is 0. The van der Waals surface area contributed by atoms with Crippen molar-refractivity contribution in [3.8, 4) is 0 Å². The largest absolute Gasteiger partial charge is 0.366 e. The zero-order valence-corrected chi connectivity index (χ0v) is 7.64. The minimum atomic E-state index is 0.189. The molecule has 0 radical (unpaired) electrons. The van der Waals surface area contributed by atoms with Crippen molar-refractivity contribution in [1.82, 2.24) is 0 Å². The van der Waals surface area contributed by atoms with Gasteiger partial charge in [0.25, 0.3) is 0 Å². The van der Waals surface area contributed by atoms with E-state index in [4.69, 9.17) is 4.74 Å². The maximum absolute atomic E-state index is 5.63. The lowest BCUT2D eigenvalue weighted by Crippen LogP contribution is -2.20. The van der Waals surface area contributed by atoms with Crippen LogP contribution in [0.25, 0.3) is 0 Å². The third-order valence-corrected chi connectivity index (χ3v) is 2.64. The first-order valence-corrected chi connectivity index (χ1v) is 4.16. The number of ether oxygens (including phenoxy) is 1. The molecule has 0 aromatic heterocycles. The van der Waals surface area contributed by atoms with Crippen LogP contribution in [0.4, 0.5) is 0 Å². The van der Waals surface area contributed by atoms with Crippen molar-refractivity contribution >= 4 is 0 Å². The molecule has 0 N–H and O–H groups in total. The van der Waals surface area contributed by atoms with Gasteiger partial charge in [0, 0.05) is 0 Å². The fourth-order valence-corrected chi connectivity index (χ4v) is 1.50. The molecule has 1 fully saturated rings. The molecule has 0 unspecified atom stereocenters. The summed E-state index contributed by atoms with van der Waals surface area (Å²) < 4.78 is 5.63. The molecule has 10 heavy (non-hydrogen) atoms. The molecule has 1 saturated heterocycles. The smallest absolute Gasteiger partial charge is 0.0945 e. The molecular formula is C9H18O. The summed E-state index contributed by atoms with van der Waals surface area (Å²) in [5.74, 6) is 1.33. The minimum absolute atomic E-state index is 0.189. The van der Waals surface area contributed by atoms with Gasteiger partial charge in [-0.25, -0.2) is 0 Å².